The van der Waals surface area contributed by atoms with Gasteiger partial charge in [0.05, 0.1) is 33.5 Å². The van der Waals surface area contributed by atoms with Gasteiger partial charge in [0.25, 0.3) is 11.8 Å². The highest BCUT2D eigenvalue weighted by Crippen LogP contribution is 2.60. The van der Waals surface area contributed by atoms with Gasteiger partial charge in [-0.05, 0) is 54.8 Å². The van der Waals surface area contributed by atoms with Crippen LogP contribution in [-0.2, 0) is 26.5 Å². The standard InChI is InChI=1S/C33H40N2O6Si/c1-21-30(42(4,5)26-14-12-25(40-3)13-15-26)29(17-18-36)41-33(21)27-19-24(34-31(38)22(2)37)11-16-28(27)35(32(33)39)20-23-9-7-6-8-10-23/h6-16,19,21-22,29-30,36-37H,17-18,20H2,1-5H3,(H,34,38)/t21-,22+,29+,30-,33-/m0/s1. The average molecular weight is 589 g/mol. The van der Waals surface area contributed by atoms with Crippen molar-refractivity contribution in [2.45, 2.75) is 63.3 Å². The Morgan fingerprint density at radius 1 is 1.12 bits per heavy atom. The second-order valence-electron chi connectivity index (χ2n) is 11.9. The smallest absolute Gasteiger partial charge is 0.264 e. The normalized spacial score (nSPS) is 24.1. The molecule has 1 fully saturated rings. The number of carbonyl (C=O) groups excluding carboxylic acids is 2. The molecule has 0 radical (unpaired) electrons. The van der Waals surface area contributed by atoms with Gasteiger partial charge in [0.2, 0.25) is 0 Å². The van der Waals surface area contributed by atoms with Crippen LogP contribution in [0.15, 0.2) is 72.8 Å². The lowest BCUT2D eigenvalue weighted by Crippen LogP contribution is -2.51. The van der Waals surface area contributed by atoms with Gasteiger partial charge >= 0.3 is 0 Å². The number of hydrogen-bond donors (Lipinski definition) is 3. The summed E-state index contributed by atoms with van der Waals surface area (Å²) in [5.74, 6) is -0.116. The van der Waals surface area contributed by atoms with E-state index in [9.17, 15) is 19.8 Å². The van der Waals surface area contributed by atoms with Crippen molar-refractivity contribution in [3.8, 4) is 5.75 Å². The molecule has 0 unspecified atom stereocenters. The zero-order valence-corrected chi connectivity index (χ0v) is 25.8. The first-order valence-corrected chi connectivity index (χ1v) is 17.5. The Morgan fingerprint density at radius 2 is 1.81 bits per heavy atom. The Morgan fingerprint density at radius 3 is 2.43 bits per heavy atom. The molecule has 2 aliphatic rings. The first kappa shape index (κ1) is 30.0. The molecule has 0 aliphatic carbocycles. The highest BCUT2D eigenvalue weighted by molar-refractivity contribution is 6.91. The topological polar surface area (TPSA) is 108 Å². The van der Waals surface area contributed by atoms with Crippen molar-refractivity contribution in [1.29, 1.82) is 0 Å². The predicted molar refractivity (Wildman–Crippen MR) is 166 cm³/mol. The van der Waals surface area contributed by atoms with Crippen LogP contribution in [-0.4, -0.2) is 56.0 Å². The van der Waals surface area contributed by atoms with Crippen molar-refractivity contribution in [2.75, 3.05) is 23.9 Å². The molecule has 0 saturated carbocycles. The highest BCUT2D eigenvalue weighted by Gasteiger charge is 2.66. The van der Waals surface area contributed by atoms with Gasteiger partial charge in [-0.15, -0.1) is 0 Å². The number of nitrogens with one attached hydrogen (secondary N) is 1. The zero-order valence-electron chi connectivity index (χ0n) is 24.8. The summed E-state index contributed by atoms with van der Waals surface area (Å²) in [5.41, 5.74) is 1.61. The second kappa shape index (κ2) is 11.6. The number of aliphatic hydroxyl groups is 2. The molecule has 8 nitrogen and oxygen atoms in total. The predicted octanol–water partition coefficient (Wildman–Crippen LogP) is 4.16. The second-order valence-corrected chi connectivity index (χ2v) is 16.6. The molecule has 5 rings (SSSR count). The molecule has 0 bridgehead atoms. The fourth-order valence-electron chi connectivity index (χ4n) is 6.96. The maximum atomic E-state index is 14.7. The summed E-state index contributed by atoms with van der Waals surface area (Å²) in [6.07, 6.45) is -1.12. The first-order valence-electron chi connectivity index (χ1n) is 14.5. The number of amides is 2. The summed E-state index contributed by atoms with van der Waals surface area (Å²) in [5, 5.41) is 23.9. The van der Waals surface area contributed by atoms with Crippen LogP contribution in [0.1, 0.15) is 31.4 Å². The van der Waals surface area contributed by atoms with E-state index in [1.807, 2.05) is 54.6 Å². The number of nitrogens with zero attached hydrogens (tertiary/aromatic N) is 1. The number of fused-ring (bicyclic) bond motifs is 2. The van der Waals surface area contributed by atoms with Crippen LogP contribution >= 0.6 is 0 Å². The largest absolute Gasteiger partial charge is 0.497 e. The average Bonchev–Trinajstić information content (AvgIpc) is 3.40. The summed E-state index contributed by atoms with van der Waals surface area (Å²) in [6, 6.07) is 23.4. The molecule has 2 heterocycles. The number of methoxy groups -OCH3 is 1. The third kappa shape index (κ3) is 5.04. The number of ether oxygens (including phenoxy) is 2. The van der Waals surface area contributed by atoms with Crippen molar-refractivity contribution < 1.29 is 29.3 Å². The Balaban J connectivity index is 1.63. The van der Waals surface area contributed by atoms with E-state index in [1.54, 1.807) is 18.1 Å². The number of rotatable bonds is 9. The molecule has 222 valence electrons. The maximum Gasteiger partial charge on any atom is 0.264 e. The molecular weight excluding hydrogens is 548 g/mol. The van der Waals surface area contributed by atoms with Crippen LogP contribution in [0.5, 0.6) is 5.75 Å². The van der Waals surface area contributed by atoms with Gasteiger partial charge in [0.1, 0.15) is 11.9 Å². The Labute approximate surface area is 248 Å². The minimum absolute atomic E-state index is 0.00207. The van der Waals surface area contributed by atoms with Crippen molar-refractivity contribution in [3.05, 3.63) is 83.9 Å². The van der Waals surface area contributed by atoms with E-state index in [0.29, 0.717) is 24.2 Å². The van der Waals surface area contributed by atoms with Crippen LogP contribution in [0.4, 0.5) is 11.4 Å². The molecule has 1 spiro atoms. The van der Waals surface area contributed by atoms with Gasteiger partial charge in [0, 0.05) is 23.8 Å². The lowest BCUT2D eigenvalue weighted by Gasteiger charge is -2.37. The van der Waals surface area contributed by atoms with Gasteiger partial charge in [-0.1, -0.05) is 67.7 Å². The van der Waals surface area contributed by atoms with Gasteiger partial charge in [-0.25, -0.2) is 0 Å². The van der Waals surface area contributed by atoms with Crippen LogP contribution in [0.2, 0.25) is 18.6 Å². The number of hydrogen-bond acceptors (Lipinski definition) is 6. The number of benzene rings is 3. The first-order chi connectivity index (χ1) is 20.0. The molecule has 9 heteroatoms. The van der Waals surface area contributed by atoms with E-state index >= 15 is 0 Å². The quantitative estimate of drug-likeness (QED) is 0.324. The molecular formula is C33H40N2O6Si. The SMILES string of the molecule is COc1ccc([Si](C)(C)[C@@H]2[C@@H](CCO)O[C@@]3(C(=O)N(Cc4ccccc4)c4ccc(NC(=O)[C@@H](C)O)cc43)[C@H]2C)cc1. The van der Waals surface area contributed by atoms with Gasteiger partial charge in [0.15, 0.2) is 5.60 Å². The monoisotopic (exact) mass is 588 g/mol. The maximum absolute atomic E-state index is 14.7. The molecule has 5 atom stereocenters. The summed E-state index contributed by atoms with van der Waals surface area (Å²) < 4.78 is 12.3. The van der Waals surface area contributed by atoms with E-state index < -0.39 is 25.7 Å². The van der Waals surface area contributed by atoms with Crippen molar-refractivity contribution in [1.82, 2.24) is 0 Å². The molecule has 3 aromatic carbocycles. The fraction of sp³-hybridized carbons (Fsp3) is 0.394. The Hall–Kier alpha value is -3.50. The summed E-state index contributed by atoms with van der Waals surface area (Å²) >= 11 is 0. The van der Waals surface area contributed by atoms with Crippen molar-refractivity contribution >= 4 is 36.4 Å². The van der Waals surface area contributed by atoms with Gasteiger partial charge in [-0.3, -0.25) is 9.59 Å². The third-order valence-electron chi connectivity index (χ3n) is 9.08. The van der Waals surface area contributed by atoms with E-state index in [4.69, 9.17) is 9.47 Å². The lowest BCUT2D eigenvalue weighted by molar-refractivity contribution is -0.146. The lowest BCUT2D eigenvalue weighted by atomic mass is 9.82. The van der Waals surface area contributed by atoms with Crippen LogP contribution in [0.3, 0.4) is 0 Å². The van der Waals surface area contributed by atoms with Crippen LogP contribution < -0.4 is 20.1 Å². The molecule has 0 aromatic heterocycles. The molecule has 3 N–H and O–H groups in total. The van der Waals surface area contributed by atoms with E-state index in [-0.39, 0.29) is 30.1 Å². The minimum Gasteiger partial charge on any atom is -0.497 e. The Kier molecular flexibility index (Phi) is 8.31. The van der Waals surface area contributed by atoms with Gasteiger partial charge < -0.3 is 29.9 Å². The molecule has 2 aliphatic heterocycles. The zero-order chi connectivity index (χ0) is 30.2. The summed E-state index contributed by atoms with van der Waals surface area (Å²) in [4.78, 5) is 28.9. The molecule has 2 amide bonds. The highest BCUT2D eigenvalue weighted by atomic mass is 28.3. The molecule has 42 heavy (non-hydrogen) atoms. The van der Waals surface area contributed by atoms with Crippen LogP contribution in [0.25, 0.3) is 0 Å². The third-order valence-corrected chi connectivity index (χ3v) is 13.4. The number of anilines is 2. The van der Waals surface area contributed by atoms with Crippen molar-refractivity contribution in [3.63, 3.8) is 0 Å². The minimum atomic E-state index is -2.31. The molecule has 3 aromatic rings. The molecule has 1 saturated heterocycles. The van der Waals surface area contributed by atoms with Crippen molar-refractivity contribution in [2.24, 2.45) is 5.92 Å². The number of carbonyl (C=O) groups is 2. The fourth-order valence-corrected chi connectivity index (χ4v) is 11.0. The van der Waals surface area contributed by atoms with E-state index in [1.165, 1.54) is 12.1 Å². The summed E-state index contributed by atoms with van der Waals surface area (Å²) in [7, 11) is -0.659. The summed E-state index contributed by atoms with van der Waals surface area (Å²) in [6.45, 7) is 8.41. The van der Waals surface area contributed by atoms with E-state index in [0.717, 1.165) is 17.0 Å². The van der Waals surface area contributed by atoms with Crippen LogP contribution in [0, 0.1) is 5.92 Å². The number of aliphatic hydroxyl groups excluding tert-OH is 2. The van der Waals surface area contributed by atoms with E-state index in [2.05, 4.69) is 37.5 Å². The van der Waals surface area contributed by atoms with Gasteiger partial charge in [-0.2, -0.15) is 0 Å². The Bertz CT molecular complexity index is 1440.